The highest BCUT2D eigenvalue weighted by molar-refractivity contribution is 7.19. The van der Waals surface area contributed by atoms with E-state index in [9.17, 15) is 4.79 Å². The molecule has 0 saturated carbocycles. The van der Waals surface area contributed by atoms with E-state index >= 15 is 0 Å². The minimum Gasteiger partial charge on any atom is -0.492 e. The van der Waals surface area contributed by atoms with Crippen LogP contribution in [-0.4, -0.2) is 24.9 Å². The lowest BCUT2D eigenvalue weighted by atomic mass is 10.2. The Bertz CT molecular complexity index is 610. The van der Waals surface area contributed by atoms with Crippen molar-refractivity contribution in [2.24, 2.45) is 0 Å². The number of rotatable bonds is 5. The van der Waals surface area contributed by atoms with Crippen molar-refractivity contribution >= 4 is 27.8 Å². The Balaban J connectivity index is 2.32. The number of ketones is 1. The Kier molecular flexibility index (Phi) is 4.24. The second-order valence-corrected chi connectivity index (χ2v) is 5.45. The number of carbonyl (C=O) groups excluding carboxylic acids is 1. The number of hydrogen-bond donors (Lipinski definition) is 1. The van der Waals surface area contributed by atoms with Gasteiger partial charge in [0.05, 0.1) is 17.7 Å². The number of hydrogen-bond acceptors (Lipinski definition) is 6. The number of pyridine rings is 1. The number of methoxy groups -OCH3 is 1. The summed E-state index contributed by atoms with van der Waals surface area (Å²) in [7, 11) is 3.50. The summed E-state index contributed by atoms with van der Waals surface area (Å²) in [6, 6.07) is 3.90. The summed E-state index contributed by atoms with van der Waals surface area (Å²) in [4.78, 5) is 18.1. The molecule has 0 atom stereocenters. The highest BCUT2D eigenvalue weighted by atomic mass is 32.1. The van der Waals surface area contributed by atoms with E-state index in [-0.39, 0.29) is 5.78 Å². The van der Waals surface area contributed by atoms with Crippen molar-refractivity contribution < 1.29 is 9.53 Å². The van der Waals surface area contributed by atoms with Crippen LogP contribution in [0.15, 0.2) is 24.5 Å². The maximum Gasteiger partial charge on any atom is 0.177 e. The number of nitrogen functional groups attached to an aromatic ring is 1. The van der Waals surface area contributed by atoms with Crippen molar-refractivity contribution in [3.8, 4) is 5.75 Å². The van der Waals surface area contributed by atoms with Crippen LogP contribution in [-0.2, 0) is 6.54 Å². The number of carbonyl (C=O) groups is 1. The molecule has 0 bridgehead atoms. The van der Waals surface area contributed by atoms with E-state index in [0.29, 0.717) is 22.9 Å². The number of nitrogens with two attached hydrogens (primary N) is 1. The van der Waals surface area contributed by atoms with Crippen LogP contribution >= 0.6 is 11.3 Å². The van der Waals surface area contributed by atoms with Gasteiger partial charge >= 0.3 is 0 Å². The first kappa shape index (κ1) is 14.3. The standard InChI is InChI=1S/C14H17N3O2S/c1-9(18)13-11(15)12(19-3)14(20-13)17(2)8-10-4-6-16-7-5-10/h4-7H,8,15H2,1-3H3. The molecule has 0 saturated heterocycles. The van der Waals surface area contributed by atoms with Crippen LogP contribution in [0.4, 0.5) is 10.7 Å². The topological polar surface area (TPSA) is 68.5 Å². The number of aromatic nitrogens is 1. The highest BCUT2D eigenvalue weighted by Gasteiger charge is 2.21. The quantitative estimate of drug-likeness (QED) is 0.857. The number of ether oxygens (including phenoxy) is 1. The lowest BCUT2D eigenvalue weighted by Gasteiger charge is -2.18. The maximum absolute atomic E-state index is 11.6. The fourth-order valence-electron chi connectivity index (χ4n) is 1.96. The smallest absolute Gasteiger partial charge is 0.177 e. The van der Waals surface area contributed by atoms with Crippen molar-refractivity contribution in [2.75, 3.05) is 24.8 Å². The predicted molar refractivity (Wildman–Crippen MR) is 81.6 cm³/mol. The average Bonchev–Trinajstić information content (AvgIpc) is 2.77. The molecule has 0 spiro atoms. The second-order valence-electron chi connectivity index (χ2n) is 4.45. The van der Waals surface area contributed by atoms with E-state index < -0.39 is 0 Å². The summed E-state index contributed by atoms with van der Waals surface area (Å²) in [6.07, 6.45) is 3.51. The zero-order chi connectivity index (χ0) is 14.7. The number of Topliss-reactive ketones (excluding diaryl/α,β-unsaturated/α-hetero) is 1. The van der Waals surface area contributed by atoms with Crippen molar-refractivity contribution in [2.45, 2.75) is 13.5 Å². The molecule has 5 nitrogen and oxygen atoms in total. The second kappa shape index (κ2) is 5.92. The van der Waals surface area contributed by atoms with Gasteiger partial charge in [0, 0.05) is 32.9 Å². The summed E-state index contributed by atoms with van der Waals surface area (Å²) >= 11 is 1.36. The molecule has 0 aliphatic carbocycles. The van der Waals surface area contributed by atoms with Gasteiger partial charge < -0.3 is 15.4 Å². The molecule has 106 valence electrons. The molecule has 2 aromatic rings. The van der Waals surface area contributed by atoms with E-state index in [1.165, 1.54) is 18.3 Å². The van der Waals surface area contributed by atoms with Gasteiger partial charge in [-0.1, -0.05) is 0 Å². The van der Waals surface area contributed by atoms with Crippen molar-refractivity contribution in [3.05, 3.63) is 35.0 Å². The molecule has 20 heavy (non-hydrogen) atoms. The molecule has 2 aromatic heterocycles. The summed E-state index contributed by atoms with van der Waals surface area (Å²) in [6.45, 7) is 2.20. The zero-order valence-corrected chi connectivity index (χ0v) is 12.5. The maximum atomic E-state index is 11.6. The Hall–Kier alpha value is -2.08. The normalized spacial score (nSPS) is 10.3. The molecule has 0 fully saturated rings. The molecular weight excluding hydrogens is 274 g/mol. The fraction of sp³-hybridized carbons (Fsp3) is 0.286. The molecular formula is C14H17N3O2S. The van der Waals surface area contributed by atoms with Crippen molar-refractivity contribution in [1.29, 1.82) is 0 Å². The molecule has 0 amide bonds. The molecule has 0 aliphatic rings. The molecule has 6 heteroatoms. The largest absolute Gasteiger partial charge is 0.492 e. The minimum atomic E-state index is -0.0469. The molecule has 0 aromatic carbocycles. The van der Waals surface area contributed by atoms with E-state index in [4.69, 9.17) is 10.5 Å². The third kappa shape index (κ3) is 2.75. The highest BCUT2D eigenvalue weighted by Crippen LogP contribution is 2.44. The van der Waals surface area contributed by atoms with E-state index in [1.807, 2.05) is 24.1 Å². The summed E-state index contributed by atoms with van der Waals surface area (Å²) in [5.41, 5.74) is 7.52. The summed E-state index contributed by atoms with van der Waals surface area (Å²) < 4.78 is 5.34. The van der Waals surface area contributed by atoms with Crippen LogP contribution in [0.5, 0.6) is 5.75 Å². The molecule has 0 aliphatic heterocycles. The van der Waals surface area contributed by atoms with Crippen LogP contribution < -0.4 is 15.4 Å². The zero-order valence-electron chi connectivity index (χ0n) is 11.7. The molecule has 2 N–H and O–H groups in total. The van der Waals surface area contributed by atoms with Gasteiger partial charge in [-0.15, -0.1) is 11.3 Å². The molecule has 0 unspecified atom stereocenters. The minimum absolute atomic E-state index is 0.0469. The van der Waals surface area contributed by atoms with Crippen molar-refractivity contribution in [3.63, 3.8) is 0 Å². The average molecular weight is 291 g/mol. The lowest BCUT2D eigenvalue weighted by molar-refractivity contribution is 0.102. The Morgan fingerprint density at radius 1 is 1.45 bits per heavy atom. The molecule has 2 rings (SSSR count). The number of anilines is 2. The van der Waals surface area contributed by atoms with Gasteiger partial charge in [-0.3, -0.25) is 9.78 Å². The van der Waals surface area contributed by atoms with Gasteiger partial charge in [0.25, 0.3) is 0 Å². The van der Waals surface area contributed by atoms with Gasteiger partial charge in [-0.2, -0.15) is 0 Å². The van der Waals surface area contributed by atoms with Crippen molar-refractivity contribution in [1.82, 2.24) is 4.98 Å². The Morgan fingerprint density at radius 3 is 2.65 bits per heavy atom. The third-order valence-electron chi connectivity index (χ3n) is 2.92. The van der Waals surface area contributed by atoms with Crippen LogP contribution in [0.3, 0.4) is 0 Å². The monoisotopic (exact) mass is 291 g/mol. The number of nitrogens with zero attached hydrogens (tertiary/aromatic N) is 2. The molecule has 0 radical (unpaired) electrons. The van der Waals surface area contributed by atoms with Gasteiger partial charge in [0.15, 0.2) is 11.5 Å². The van der Waals surface area contributed by atoms with Gasteiger partial charge in [-0.25, -0.2) is 0 Å². The third-order valence-corrected chi connectivity index (χ3v) is 4.32. The molecule has 2 heterocycles. The van der Waals surface area contributed by atoms with E-state index in [0.717, 1.165) is 10.6 Å². The Labute approximate surface area is 122 Å². The van der Waals surface area contributed by atoms with E-state index in [2.05, 4.69) is 4.98 Å². The van der Waals surface area contributed by atoms with E-state index in [1.54, 1.807) is 19.5 Å². The van der Waals surface area contributed by atoms with Gasteiger partial charge in [0.1, 0.15) is 5.00 Å². The van der Waals surface area contributed by atoms with Crippen LogP contribution in [0.25, 0.3) is 0 Å². The number of thiophene rings is 1. The summed E-state index contributed by atoms with van der Waals surface area (Å²) in [5.74, 6) is 0.520. The van der Waals surface area contributed by atoms with Gasteiger partial charge in [-0.05, 0) is 17.7 Å². The fourth-order valence-corrected chi connectivity index (χ4v) is 3.01. The van der Waals surface area contributed by atoms with Crippen LogP contribution in [0.1, 0.15) is 22.2 Å². The SMILES string of the molecule is COc1c(N(C)Cc2ccncc2)sc(C(C)=O)c1N. The first-order chi connectivity index (χ1) is 9.54. The van der Waals surface area contributed by atoms with Crippen LogP contribution in [0, 0.1) is 0 Å². The summed E-state index contributed by atoms with van der Waals surface area (Å²) in [5, 5.41) is 0.854. The predicted octanol–water partition coefficient (Wildman–Crippen LogP) is 2.57. The first-order valence-electron chi connectivity index (χ1n) is 6.11. The Morgan fingerprint density at radius 2 is 2.10 bits per heavy atom. The lowest BCUT2D eigenvalue weighted by Crippen LogP contribution is -2.15. The first-order valence-corrected chi connectivity index (χ1v) is 6.93. The van der Waals surface area contributed by atoms with Gasteiger partial charge in [0.2, 0.25) is 0 Å². The van der Waals surface area contributed by atoms with Crippen LogP contribution in [0.2, 0.25) is 0 Å².